The molecule has 27 heavy (non-hydrogen) atoms. The van der Waals surface area contributed by atoms with Crippen LogP contribution >= 0.6 is 0 Å². The van der Waals surface area contributed by atoms with Crippen LogP contribution in [0.5, 0.6) is 0 Å². The molecule has 0 spiro atoms. The van der Waals surface area contributed by atoms with Crippen molar-refractivity contribution >= 4 is 11.8 Å². The van der Waals surface area contributed by atoms with Gasteiger partial charge in [-0.3, -0.25) is 14.4 Å². The summed E-state index contributed by atoms with van der Waals surface area (Å²) < 4.78 is 5.01. The average molecular weight is 371 g/mol. The van der Waals surface area contributed by atoms with Crippen LogP contribution in [0, 0.1) is 0 Å². The van der Waals surface area contributed by atoms with Crippen molar-refractivity contribution in [3.8, 4) is 0 Å². The van der Waals surface area contributed by atoms with Crippen LogP contribution < -0.4 is 10.9 Å². The number of aromatic nitrogens is 1. The molecule has 0 bridgehead atoms. The van der Waals surface area contributed by atoms with Gasteiger partial charge in [-0.05, 0) is 31.9 Å². The molecule has 144 valence electrons. The Hall–Kier alpha value is -2.83. The lowest BCUT2D eigenvalue weighted by atomic mass is 9.92. The van der Waals surface area contributed by atoms with E-state index < -0.39 is 6.04 Å². The van der Waals surface area contributed by atoms with Gasteiger partial charge in [-0.15, -0.1) is 0 Å². The summed E-state index contributed by atoms with van der Waals surface area (Å²) in [5, 5.41) is 5.20. The Morgan fingerprint density at radius 3 is 2.59 bits per heavy atom. The minimum Gasteiger partial charge on any atom is -0.384 e. The van der Waals surface area contributed by atoms with Crippen molar-refractivity contribution in [2.24, 2.45) is 0 Å². The molecule has 2 heterocycles. The Morgan fingerprint density at radius 1 is 1.26 bits per heavy atom. The molecule has 0 aliphatic carbocycles. The van der Waals surface area contributed by atoms with E-state index in [1.165, 1.54) is 6.07 Å². The number of H-pyrrole nitrogens is 1. The standard InChI is InChI=1S/C20H25N3O4/c1-20(2,3)21-19(26)16-10-13-6-4-5-7-14(13)12-23(16)18(25)9-8-15-11-17(24)22-27-15/h4-7,11,16H,8-10,12H2,1-3H3,(H,21,26)(H,22,24)/t16-/m0/s1. The van der Waals surface area contributed by atoms with Crippen LogP contribution in [-0.4, -0.2) is 33.5 Å². The van der Waals surface area contributed by atoms with Crippen LogP contribution in [0.1, 0.15) is 44.1 Å². The molecule has 0 saturated carbocycles. The number of benzene rings is 1. The monoisotopic (exact) mass is 371 g/mol. The highest BCUT2D eigenvalue weighted by Crippen LogP contribution is 2.25. The van der Waals surface area contributed by atoms with Gasteiger partial charge >= 0.3 is 0 Å². The van der Waals surface area contributed by atoms with Crippen molar-refractivity contribution in [3.05, 3.63) is 57.6 Å². The summed E-state index contributed by atoms with van der Waals surface area (Å²) >= 11 is 0. The third kappa shape index (κ3) is 4.67. The van der Waals surface area contributed by atoms with Crippen LogP contribution in [0.15, 0.2) is 39.6 Å². The first-order chi connectivity index (χ1) is 12.7. The summed E-state index contributed by atoms with van der Waals surface area (Å²) in [4.78, 5) is 38.5. The lowest BCUT2D eigenvalue weighted by Crippen LogP contribution is -2.56. The first-order valence-electron chi connectivity index (χ1n) is 9.08. The van der Waals surface area contributed by atoms with Crippen LogP contribution in [0.2, 0.25) is 0 Å². The van der Waals surface area contributed by atoms with Gasteiger partial charge in [-0.1, -0.05) is 24.3 Å². The van der Waals surface area contributed by atoms with Gasteiger partial charge < -0.3 is 14.7 Å². The third-order valence-electron chi connectivity index (χ3n) is 4.53. The van der Waals surface area contributed by atoms with E-state index in [2.05, 4.69) is 10.5 Å². The lowest BCUT2D eigenvalue weighted by molar-refractivity contribution is -0.142. The number of aromatic amines is 1. The normalized spacial score (nSPS) is 16.7. The third-order valence-corrected chi connectivity index (χ3v) is 4.53. The summed E-state index contributed by atoms with van der Waals surface area (Å²) in [5.41, 5.74) is 1.44. The maximum Gasteiger partial charge on any atom is 0.280 e. The largest absolute Gasteiger partial charge is 0.384 e. The molecule has 2 aromatic rings. The van der Waals surface area contributed by atoms with Gasteiger partial charge in [0.25, 0.3) is 5.56 Å². The summed E-state index contributed by atoms with van der Waals surface area (Å²) in [6.45, 7) is 6.15. The fourth-order valence-electron chi connectivity index (χ4n) is 3.29. The predicted octanol–water partition coefficient (Wildman–Crippen LogP) is 1.77. The zero-order valence-corrected chi connectivity index (χ0v) is 15.9. The maximum atomic E-state index is 12.9. The molecular weight excluding hydrogens is 346 g/mol. The second-order valence-electron chi connectivity index (χ2n) is 7.93. The van der Waals surface area contributed by atoms with E-state index in [0.717, 1.165) is 11.1 Å². The highest BCUT2D eigenvalue weighted by atomic mass is 16.5. The first-order valence-corrected chi connectivity index (χ1v) is 9.08. The fraction of sp³-hybridized carbons (Fsp3) is 0.450. The maximum absolute atomic E-state index is 12.9. The molecule has 0 fully saturated rings. The highest BCUT2D eigenvalue weighted by Gasteiger charge is 2.35. The molecule has 1 atom stereocenters. The molecule has 0 radical (unpaired) electrons. The van der Waals surface area contributed by atoms with Crippen LogP contribution in [-0.2, 0) is 29.0 Å². The Morgan fingerprint density at radius 2 is 1.96 bits per heavy atom. The second kappa shape index (κ2) is 7.42. The topological polar surface area (TPSA) is 95.4 Å². The van der Waals surface area contributed by atoms with Gasteiger partial charge in [0.2, 0.25) is 11.8 Å². The Labute approximate surface area is 157 Å². The van der Waals surface area contributed by atoms with E-state index in [1.807, 2.05) is 45.0 Å². The van der Waals surface area contributed by atoms with Crippen molar-refractivity contribution in [2.45, 2.75) is 58.2 Å². The smallest absolute Gasteiger partial charge is 0.280 e. The molecule has 7 heteroatoms. The molecule has 2 N–H and O–H groups in total. The molecule has 7 nitrogen and oxygen atoms in total. The number of carbonyl (C=O) groups is 2. The minimum absolute atomic E-state index is 0.137. The van der Waals surface area contributed by atoms with Crippen molar-refractivity contribution < 1.29 is 14.1 Å². The van der Waals surface area contributed by atoms with Crippen LogP contribution in [0.25, 0.3) is 0 Å². The molecule has 0 saturated heterocycles. The van der Waals surface area contributed by atoms with E-state index in [0.29, 0.717) is 25.1 Å². The number of nitrogens with one attached hydrogen (secondary N) is 2. The summed E-state index contributed by atoms with van der Waals surface area (Å²) in [7, 11) is 0. The van der Waals surface area contributed by atoms with E-state index in [4.69, 9.17) is 4.52 Å². The number of amides is 2. The van der Waals surface area contributed by atoms with Gasteiger partial charge in [0.1, 0.15) is 11.8 Å². The Bertz CT molecular complexity index is 891. The molecule has 1 aromatic heterocycles. The van der Waals surface area contributed by atoms with Gasteiger partial charge in [-0.2, -0.15) is 5.16 Å². The number of aryl methyl sites for hydroxylation is 1. The zero-order chi connectivity index (χ0) is 19.6. The summed E-state index contributed by atoms with van der Waals surface area (Å²) in [6, 6.07) is 8.66. The lowest BCUT2D eigenvalue weighted by Gasteiger charge is -2.37. The van der Waals surface area contributed by atoms with Gasteiger partial charge in [0.15, 0.2) is 0 Å². The summed E-state index contributed by atoms with van der Waals surface area (Å²) in [6.07, 6.45) is 0.967. The van der Waals surface area contributed by atoms with Gasteiger partial charge in [0, 0.05) is 37.4 Å². The quantitative estimate of drug-likeness (QED) is 0.856. The number of hydrogen-bond donors (Lipinski definition) is 2. The fourth-order valence-corrected chi connectivity index (χ4v) is 3.29. The number of hydrogen-bond acceptors (Lipinski definition) is 4. The SMILES string of the molecule is CC(C)(C)NC(=O)[C@@H]1Cc2ccccc2CN1C(=O)CCc1cc(=O)[nH]o1. The van der Waals surface area contributed by atoms with E-state index >= 15 is 0 Å². The van der Waals surface area contributed by atoms with Crippen molar-refractivity contribution in [2.75, 3.05) is 0 Å². The summed E-state index contributed by atoms with van der Waals surface area (Å²) in [5.74, 6) is 0.141. The average Bonchev–Trinajstić information content (AvgIpc) is 3.02. The van der Waals surface area contributed by atoms with E-state index in [-0.39, 0.29) is 29.3 Å². The first kappa shape index (κ1) is 18.9. The van der Waals surface area contributed by atoms with Crippen LogP contribution in [0.3, 0.4) is 0 Å². The van der Waals surface area contributed by atoms with Crippen molar-refractivity contribution in [3.63, 3.8) is 0 Å². The molecule has 1 aromatic carbocycles. The highest BCUT2D eigenvalue weighted by molar-refractivity contribution is 5.89. The number of carbonyl (C=O) groups excluding carboxylic acids is 2. The van der Waals surface area contributed by atoms with Gasteiger partial charge in [-0.25, -0.2) is 0 Å². The molecule has 1 aliphatic rings. The van der Waals surface area contributed by atoms with E-state index in [1.54, 1.807) is 4.90 Å². The number of nitrogens with zero attached hydrogens (tertiary/aromatic N) is 1. The number of fused-ring (bicyclic) bond motifs is 1. The van der Waals surface area contributed by atoms with Crippen molar-refractivity contribution in [1.82, 2.24) is 15.4 Å². The molecular formula is C20H25N3O4. The minimum atomic E-state index is -0.551. The zero-order valence-electron chi connectivity index (χ0n) is 15.9. The van der Waals surface area contributed by atoms with Gasteiger partial charge in [0.05, 0.1) is 0 Å². The molecule has 3 rings (SSSR count). The number of rotatable bonds is 4. The molecule has 2 amide bonds. The van der Waals surface area contributed by atoms with Crippen molar-refractivity contribution in [1.29, 1.82) is 0 Å². The second-order valence-corrected chi connectivity index (χ2v) is 7.93. The Kier molecular flexibility index (Phi) is 5.21. The molecule has 1 aliphatic heterocycles. The predicted molar refractivity (Wildman–Crippen MR) is 100 cm³/mol. The Balaban J connectivity index is 1.78. The van der Waals surface area contributed by atoms with Crippen LogP contribution in [0.4, 0.5) is 0 Å². The molecule has 0 unspecified atom stereocenters. The van der Waals surface area contributed by atoms with E-state index in [9.17, 15) is 14.4 Å².